The van der Waals surface area contributed by atoms with E-state index in [2.05, 4.69) is 15.6 Å². The monoisotopic (exact) mass is 419 g/mol. The summed E-state index contributed by atoms with van der Waals surface area (Å²) in [5.74, 6) is -0.315. The second kappa shape index (κ2) is 9.02. The van der Waals surface area contributed by atoms with Gasteiger partial charge in [0.05, 0.1) is 17.9 Å². The van der Waals surface area contributed by atoms with Crippen molar-refractivity contribution in [2.24, 2.45) is 5.92 Å². The third-order valence-electron chi connectivity index (χ3n) is 4.61. The van der Waals surface area contributed by atoms with Crippen molar-refractivity contribution in [3.63, 3.8) is 0 Å². The molecule has 1 saturated carbocycles. The summed E-state index contributed by atoms with van der Waals surface area (Å²) in [5, 5.41) is 5.46. The quantitative estimate of drug-likeness (QED) is 0.752. The average molecular weight is 420 g/mol. The van der Waals surface area contributed by atoms with Gasteiger partial charge in [-0.15, -0.1) is 0 Å². The van der Waals surface area contributed by atoms with Gasteiger partial charge in [0.15, 0.2) is 5.78 Å². The van der Waals surface area contributed by atoms with E-state index in [1.807, 2.05) is 13.0 Å². The Bertz CT molecular complexity index is 795. The van der Waals surface area contributed by atoms with Gasteiger partial charge in [-0.2, -0.15) is 0 Å². The number of anilines is 1. The first-order valence-corrected chi connectivity index (χ1v) is 10.2. The van der Waals surface area contributed by atoms with E-state index in [0.717, 1.165) is 5.56 Å². The summed E-state index contributed by atoms with van der Waals surface area (Å²) in [6, 6.07) is 1.17. The van der Waals surface area contributed by atoms with E-state index >= 15 is 0 Å². The number of Topliss-reactive ketones (excluding diaryl/α,β-unsaturated/α-hetero) is 1. The summed E-state index contributed by atoms with van der Waals surface area (Å²) in [5.41, 5.74) is 0.115. The van der Waals surface area contributed by atoms with Gasteiger partial charge in [-0.1, -0.05) is 6.92 Å². The highest BCUT2D eigenvalue weighted by Gasteiger charge is 2.37. The minimum Gasteiger partial charge on any atom is -0.444 e. The minimum absolute atomic E-state index is 0.0205. The van der Waals surface area contributed by atoms with E-state index in [4.69, 9.17) is 9.47 Å². The molecule has 0 aliphatic heterocycles. The Kier molecular flexibility index (Phi) is 7.10. The number of pyridine rings is 1. The summed E-state index contributed by atoms with van der Waals surface area (Å²) >= 11 is 0. The SMILES string of the molecule is CC1CC(c2ccncc2NC(=O)OC(C)(C)C)CC(NC(=O)OC(C)(C)C)C1=O. The lowest BCUT2D eigenvalue weighted by Gasteiger charge is -2.34. The number of amides is 2. The van der Waals surface area contributed by atoms with Crippen LogP contribution in [0.15, 0.2) is 18.5 Å². The van der Waals surface area contributed by atoms with Crippen LogP contribution in [0.1, 0.15) is 72.8 Å². The maximum Gasteiger partial charge on any atom is 0.412 e. The van der Waals surface area contributed by atoms with Gasteiger partial charge in [0.2, 0.25) is 0 Å². The zero-order valence-corrected chi connectivity index (χ0v) is 18.9. The molecule has 1 aromatic rings. The lowest BCUT2D eigenvalue weighted by atomic mass is 9.75. The fourth-order valence-electron chi connectivity index (χ4n) is 3.50. The molecule has 30 heavy (non-hydrogen) atoms. The maximum absolute atomic E-state index is 12.7. The number of carbonyl (C=O) groups is 3. The number of aromatic nitrogens is 1. The molecule has 3 unspecified atom stereocenters. The third kappa shape index (κ3) is 7.00. The van der Waals surface area contributed by atoms with Gasteiger partial charge in [0.1, 0.15) is 11.2 Å². The van der Waals surface area contributed by atoms with Crippen LogP contribution in [-0.2, 0) is 14.3 Å². The first-order valence-electron chi connectivity index (χ1n) is 10.2. The third-order valence-corrected chi connectivity index (χ3v) is 4.61. The molecule has 1 heterocycles. The van der Waals surface area contributed by atoms with Crippen LogP contribution in [0.25, 0.3) is 0 Å². The fraction of sp³-hybridized carbons (Fsp3) is 0.636. The number of nitrogens with one attached hydrogen (secondary N) is 2. The number of hydrogen-bond donors (Lipinski definition) is 2. The molecule has 0 saturated heterocycles. The van der Waals surface area contributed by atoms with Gasteiger partial charge < -0.3 is 14.8 Å². The predicted molar refractivity (Wildman–Crippen MR) is 113 cm³/mol. The molecular formula is C22H33N3O5. The lowest BCUT2D eigenvalue weighted by Crippen LogP contribution is -2.48. The van der Waals surface area contributed by atoms with Crippen molar-refractivity contribution in [2.45, 2.75) is 84.5 Å². The number of carbonyl (C=O) groups excluding carboxylic acids is 3. The van der Waals surface area contributed by atoms with Gasteiger partial charge in [0.25, 0.3) is 0 Å². The van der Waals surface area contributed by atoms with Crippen molar-refractivity contribution in [3.8, 4) is 0 Å². The smallest absolute Gasteiger partial charge is 0.412 e. The number of ketones is 1. The molecule has 1 aliphatic rings. The van der Waals surface area contributed by atoms with Crippen molar-refractivity contribution in [1.82, 2.24) is 10.3 Å². The van der Waals surface area contributed by atoms with Crippen LogP contribution >= 0.6 is 0 Å². The van der Waals surface area contributed by atoms with Crippen molar-refractivity contribution >= 4 is 23.7 Å². The van der Waals surface area contributed by atoms with Crippen LogP contribution in [0.3, 0.4) is 0 Å². The van der Waals surface area contributed by atoms with Crippen LogP contribution in [0, 0.1) is 5.92 Å². The molecule has 0 spiro atoms. The molecule has 2 amide bonds. The molecule has 2 rings (SSSR count). The minimum atomic E-state index is -0.656. The summed E-state index contributed by atoms with van der Waals surface area (Å²) < 4.78 is 10.6. The van der Waals surface area contributed by atoms with Gasteiger partial charge in [-0.3, -0.25) is 15.1 Å². The van der Waals surface area contributed by atoms with Gasteiger partial charge in [0, 0.05) is 12.1 Å². The van der Waals surface area contributed by atoms with Crippen LogP contribution in [0.2, 0.25) is 0 Å². The molecule has 8 heteroatoms. The Morgan fingerprint density at radius 1 is 1.03 bits per heavy atom. The average Bonchev–Trinajstić information content (AvgIpc) is 2.55. The molecule has 3 atom stereocenters. The van der Waals surface area contributed by atoms with E-state index in [-0.39, 0.29) is 17.6 Å². The van der Waals surface area contributed by atoms with Crippen LogP contribution in [-0.4, -0.2) is 40.2 Å². The Hall–Kier alpha value is -2.64. The summed E-state index contributed by atoms with van der Waals surface area (Å²) in [6.07, 6.45) is 3.05. The number of nitrogens with zero attached hydrogens (tertiary/aromatic N) is 1. The van der Waals surface area contributed by atoms with Gasteiger partial charge in [-0.05, 0) is 71.9 Å². The van der Waals surface area contributed by atoms with Gasteiger partial charge >= 0.3 is 12.2 Å². The summed E-state index contributed by atoms with van der Waals surface area (Å²) in [6.45, 7) is 12.5. The molecule has 2 N–H and O–H groups in total. The molecule has 8 nitrogen and oxygen atoms in total. The number of ether oxygens (including phenoxy) is 2. The Morgan fingerprint density at radius 2 is 1.63 bits per heavy atom. The van der Waals surface area contributed by atoms with E-state index in [1.54, 1.807) is 53.9 Å². The molecule has 1 aromatic heterocycles. The first-order chi connectivity index (χ1) is 13.7. The van der Waals surface area contributed by atoms with Crippen LogP contribution in [0.4, 0.5) is 15.3 Å². The lowest BCUT2D eigenvalue weighted by molar-refractivity contribution is -0.126. The van der Waals surface area contributed by atoms with Crippen LogP contribution < -0.4 is 10.6 Å². The zero-order valence-electron chi connectivity index (χ0n) is 18.9. The highest BCUT2D eigenvalue weighted by atomic mass is 16.6. The molecule has 0 aromatic carbocycles. The molecule has 166 valence electrons. The number of hydrogen-bond acceptors (Lipinski definition) is 6. The van der Waals surface area contributed by atoms with E-state index < -0.39 is 29.4 Å². The molecular weight excluding hydrogens is 386 g/mol. The van der Waals surface area contributed by atoms with Crippen molar-refractivity contribution in [1.29, 1.82) is 0 Å². The van der Waals surface area contributed by atoms with Crippen molar-refractivity contribution in [3.05, 3.63) is 24.0 Å². The molecule has 0 bridgehead atoms. The second-order valence-corrected chi connectivity index (χ2v) is 9.76. The number of alkyl carbamates (subject to hydrolysis) is 1. The maximum atomic E-state index is 12.7. The largest absolute Gasteiger partial charge is 0.444 e. The summed E-state index contributed by atoms with van der Waals surface area (Å²) in [4.78, 5) is 41.2. The number of rotatable bonds is 3. The van der Waals surface area contributed by atoms with E-state index in [1.165, 1.54) is 0 Å². The normalized spacial score (nSPS) is 22.2. The van der Waals surface area contributed by atoms with Gasteiger partial charge in [-0.25, -0.2) is 9.59 Å². The van der Waals surface area contributed by atoms with Crippen molar-refractivity contribution in [2.75, 3.05) is 5.32 Å². The fourth-order valence-corrected chi connectivity index (χ4v) is 3.50. The second-order valence-electron chi connectivity index (χ2n) is 9.76. The van der Waals surface area contributed by atoms with E-state index in [9.17, 15) is 14.4 Å². The molecule has 1 fully saturated rings. The van der Waals surface area contributed by atoms with E-state index in [0.29, 0.717) is 18.5 Å². The molecule has 1 aliphatic carbocycles. The van der Waals surface area contributed by atoms with Crippen molar-refractivity contribution < 1.29 is 23.9 Å². The Morgan fingerprint density at radius 3 is 2.23 bits per heavy atom. The topological polar surface area (TPSA) is 107 Å². The predicted octanol–water partition coefficient (Wildman–Crippen LogP) is 4.40. The highest BCUT2D eigenvalue weighted by molar-refractivity contribution is 5.90. The summed E-state index contributed by atoms with van der Waals surface area (Å²) in [7, 11) is 0. The van der Waals surface area contributed by atoms with Crippen LogP contribution in [0.5, 0.6) is 0 Å². The Labute approximate surface area is 178 Å². The zero-order chi connectivity index (χ0) is 22.7. The standard InChI is InChI=1S/C22H33N3O5/c1-13-10-14(11-16(18(13)26)24-19(27)29-21(2,3)4)15-8-9-23-12-17(15)25-20(28)30-22(5,6)7/h8-9,12-14,16H,10-11H2,1-7H3,(H,24,27)(H,25,28). The highest BCUT2D eigenvalue weighted by Crippen LogP contribution is 2.37. The first kappa shape index (κ1) is 23.6. The molecule has 0 radical (unpaired) electrons. The Balaban J connectivity index is 2.18.